The summed E-state index contributed by atoms with van der Waals surface area (Å²) in [7, 11) is 0. The predicted octanol–water partition coefficient (Wildman–Crippen LogP) is 7.27. The van der Waals surface area contributed by atoms with Gasteiger partial charge in [0, 0.05) is 12.6 Å². The van der Waals surface area contributed by atoms with E-state index in [0.29, 0.717) is 24.9 Å². The standard InChI is InChI=1S/C32H33FN2O2/c33-27-16-10-11-24(21-27)22-35(28-17-8-3-9-18-28)23-29-19-20-30(37-29)32(36)34-31(25-12-4-1-5-13-25)26-14-6-2-7-15-26/h1-2,4-7,10-16,19-21,28,31H,3,8-9,17-18,22-23H2,(H,34,36). The van der Waals surface area contributed by atoms with E-state index in [-0.39, 0.29) is 17.8 Å². The third-order valence-corrected chi connectivity index (χ3v) is 7.15. The van der Waals surface area contributed by atoms with Crippen molar-refractivity contribution in [2.75, 3.05) is 0 Å². The fourth-order valence-corrected chi connectivity index (χ4v) is 5.27. The number of carbonyl (C=O) groups excluding carboxylic acids is 1. The molecule has 0 unspecified atom stereocenters. The summed E-state index contributed by atoms with van der Waals surface area (Å²) < 4.78 is 19.9. The number of furan rings is 1. The minimum atomic E-state index is -0.282. The molecule has 1 fully saturated rings. The Labute approximate surface area is 218 Å². The lowest BCUT2D eigenvalue weighted by atomic mass is 9.93. The Bertz CT molecular complexity index is 1240. The molecule has 3 aromatic carbocycles. The summed E-state index contributed by atoms with van der Waals surface area (Å²) in [4.78, 5) is 15.6. The molecular formula is C32H33FN2O2. The highest BCUT2D eigenvalue weighted by Gasteiger charge is 2.24. The van der Waals surface area contributed by atoms with Crippen LogP contribution in [0.2, 0.25) is 0 Å². The van der Waals surface area contributed by atoms with Gasteiger partial charge in [0.05, 0.1) is 12.6 Å². The number of nitrogens with zero attached hydrogens (tertiary/aromatic N) is 1. The molecule has 0 aliphatic heterocycles. The second kappa shape index (κ2) is 12.0. The largest absolute Gasteiger partial charge is 0.455 e. The molecule has 4 nitrogen and oxygen atoms in total. The number of nitrogens with one attached hydrogen (secondary N) is 1. The number of halogens is 1. The Morgan fingerprint density at radius 1 is 0.838 bits per heavy atom. The second-order valence-electron chi connectivity index (χ2n) is 9.82. The summed E-state index contributed by atoms with van der Waals surface area (Å²) in [6.45, 7) is 1.23. The summed E-state index contributed by atoms with van der Waals surface area (Å²) in [6.07, 6.45) is 5.92. The molecule has 1 heterocycles. The van der Waals surface area contributed by atoms with Crippen molar-refractivity contribution in [1.82, 2.24) is 10.2 Å². The average molecular weight is 497 g/mol. The van der Waals surface area contributed by atoms with Crippen LogP contribution in [0.15, 0.2) is 101 Å². The molecule has 1 saturated carbocycles. The van der Waals surface area contributed by atoms with Crippen LogP contribution < -0.4 is 5.32 Å². The first kappa shape index (κ1) is 25.0. The van der Waals surface area contributed by atoms with Gasteiger partial charge in [-0.25, -0.2) is 4.39 Å². The van der Waals surface area contributed by atoms with Crippen molar-refractivity contribution in [1.29, 1.82) is 0 Å². The quantitative estimate of drug-likeness (QED) is 0.265. The van der Waals surface area contributed by atoms with Gasteiger partial charge in [0.2, 0.25) is 0 Å². The molecule has 5 rings (SSSR count). The molecule has 5 heteroatoms. The van der Waals surface area contributed by atoms with Gasteiger partial charge in [0.1, 0.15) is 11.6 Å². The van der Waals surface area contributed by atoms with Crippen LogP contribution in [0.4, 0.5) is 4.39 Å². The van der Waals surface area contributed by atoms with E-state index in [1.165, 1.54) is 25.3 Å². The number of amides is 1. The number of hydrogen-bond acceptors (Lipinski definition) is 3. The summed E-state index contributed by atoms with van der Waals surface area (Å²) in [5, 5.41) is 3.15. The SMILES string of the molecule is O=C(NC(c1ccccc1)c1ccccc1)c1ccc(CN(Cc2cccc(F)c2)C2CCCCC2)o1. The lowest BCUT2D eigenvalue weighted by Crippen LogP contribution is -2.35. The van der Waals surface area contributed by atoms with Crippen LogP contribution in [-0.4, -0.2) is 16.8 Å². The first-order valence-electron chi connectivity index (χ1n) is 13.1. The van der Waals surface area contributed by atoms with E-state index in [9.17, 15) is 9.18 Å². The number of hydrogen-bond donors (Lipinski definition) is 1. The highest BCUT2D eigenvalue weighted by molar-refractivity contribution is 5.92. The van der Waals surface area contributed by atoms with Crippen LogP contribution in [0, 0.1) is 5.82 Å². The normalized spacial score (nSPS) is 14.2. The summed E-state index contributed by atoms with van der Waals surface area (Å²) in [6, 6.07) is 30.5. The van der Waals surface area contributed by atoms with E-state index in [1.807, 2.05) is 72.8 Å². The van der Waals surface area contributed by atoms with Gasteiger partial charge in [0.25, 0.3) is 5.91 Å². The van der Waals surface area contributed by atoms with Crippen LogP contribution in [0.1, 0.15) is 71.2 Å². The molecule has 0 atom stereocenters. The average Bonchev–Trinajstić information content (AvgIpc) is 3.41. The van der Waals surface area contributed by atoms with Gasteiger partial charge in [-0.05, 0) is 53.8 Å². The Morgan fingerprint density at radius 3 is 2.16 bits per heavy atom. The molecule has 0 bridgehead atoms. The summed E-state index contributed by atoms with van der Waals surface area (Å²) in [5.41, 5.74) is 2.96. The summed E-state index contributed by atoms with van der Waals surface area (Å²) in [5.74, 6) is 0.562. The molecular weight excluding hydrogens is 463 g/mol. The molecule has 1 aliphatic rings. The van der Waals surface area contributed by atoms with Crippen LogP contribution in [-0.2, 0) is 13.1 Å². The van der Waals surface area contributed by atoms with E-state index < -0.39 is 0 Å². The van der Waals surface area contributed by atoms with Crippen LogP contribution >= 0.6 is 0 Å². The fraction of sp³-hybridized carbons (Fsp3) is 0.281. The van der Waals surface area contributed by atoms with Crippen LogP contribution in [0.25, 0.3) is 0 Å². The van der Waals surface area contributed by atoms with Crippen molar-refractivity contribution in [2.45, 2.75) is 57.3 Å². The van der Waals surface area contributed by atoms with Crippen molar-refractivity contribution in [2.24, 2.45) is 0 Å². The number of carbonyl (C=O) groups is 1. The molecule has 1 aromatic heterocycles. The Morgan fingerprint density at radius 2 is 1.51 bits per heavy atom. The Balaban J connectivity index is 1.32. The lowest BCUT2D eigenvalue weighted by molar-refractivity contribution is 0.0905. The third kappa shape index (κ3) is 6.55. The molecule has 1 amide bonds. The highest BCUT2D eigenvalue weighted by atomic mass is 19.1. The maximum atomic E-state index is 13.8. The fourth-order valence-electron chi connectivity index (χ4n) is 5.27. The molecule has 190 valence electrons. The molecule has 37 heavy (non-hydrogen) atoms. The van der Waals surface area contributed by atoms with Crippen molar-refractivity contribution in [3.05, 3.63) is 131 Å². The van der Waals surface area contributed by atoms with Crippen LogP contribution in [0.3, 0.4) is 0 Å². The monoisotopic (exact) mass is 496 g/mol. The molecule has 0 radical (unpaired) electrons. The first-order valence-corrected chi connectivity index (χ1v) is 13.1. The minimum Gasteiger partial charge on any atom is -0.455 e. The van der Waals surface area contributed by atoms with E-state index in [4.69, 9.17) is 4.42 Å². The zero-order valence-electron chi connectivity index (χ0n) is 21.0. The highest BCUT2D eigenvalue weighted by Crippen LogP contribution is 2.27. The van der Waals surface area contributed by atoms with Gasteiger partial charge < -0.3 is 9.73 Å². The first-order chi connectivity index (χ1) is 18.2. The molecule has 0 spiro atoms. The van der Waals surface area contributed by atoms with E-state index >= 15 is 0 Å². The van der Waals surface area contributed by atoms with E-state index in [0.717, 1.165) is 35.3 Å². The summed E-state index contributed by atoms with van der Waals surface area (Å²) >= 11 is 0. The van der Waals surface area contributed by atoms with Crippen molar-refractivity contribution in [3.63, 3.8) is 0 Å². The zero-order valence-corrected chi connectivity index (χ0v) is 21.0. The topological polar surface area (TPSA) is 45.5 Å². The van der Waals surface area contributed by atoms with Gasteiger partial charge in [0.15, 0.2) is 5.76 Å². The van der Waals surface area contributed by atoms with Gasteiger partial charge in [-0.2, -0.15) is 0 Å². The van der Waals surface area contributed by atoms with Crippen molar-refractivity contribution in [3.8, 4) is 0 Å². The van der Waals surface area contributed by atoms with E-state index in [2.05, 4.69) is 10.2 Å². The Kier molecular flexibility index (Phi) is 8.11. The molecule has 4 aromatic rings. The van der Waals surface area contributed by atoms with Gasteiger partial charge in [-0.3, -0.25) is 9.69 Å². The van der Waals surface area contributed by atoms with Crippen molar-refractivity contribution >= 4 is 5.91 Å². The number of rotatable bonds is 9. The lowest BCUT2D eigenvalue weighted by Gasteiger charge is -2.34. The Hall–Kier alpha value is -3.70. The third-order valence-electron chi connectivity index (χ3n) is 7.15. The number of benzene rings is 3. The van der Waals surface area contributed by atoms with Gasteiger partial charge in [-0.1, -0.05) is 92.1 Å². The second-order valence-corrected chi connectivity index (χ2v) is 9.82. The van der Waals surface area contributed by atoms with Gasteiger partial charge in [-0.15, -0.1) is 0 Å². The van der Waals surface area contributed by atoms with E-state index in [1.54, 1.807) is 18.2 Å². The zero-order chi connectivity index (χ0) is 25.5. The van der Waals surface area contributed by atoms with Gasteiger partial charge >= 0.3 is 0 Å². The smallest absolute Gasteiger partial charge is 0.287 e. The van der Waals surface area contributed by atoms with Crippen molar-refractivity contribution < 1.29 is 13.6 Å². The molecule has 1 aliphatic carbocycles. The molecule has 1 N–H and O–H groups in total. The minimum absolute atomic E-state index is 0.218. The maximum absolute atomic E-state index is 13.8. The predicted molar refractivity (Wildman–Crippen MR) is 143 cm³/mol. The van der Waals surface area contributed by atoms with Crippen LogP contribution in [0.5, 0.6) is 0 Å². The molecule has 0 saturated heterocycles. The maximum Gasteiger partial charge on any atom is 0.287 e.